The molecule has 2 nitrogen and oxygen atoms in total. The number of halogens is 2. The summed E-state index contributed by atoms with van der Waals surface area (Å²) in [7, 11) is 1.88. The highest BCUT2D eigenvalue weighted by Crippen LogP contribution is 2.47. The zero-order valence-electron chi connectivity index (χ0n) is 9.39. The molecule has 16 heavy (non-hydrogen) atoms. The van der Waals surface area contributed by atoms with Gasteiger partial charge in [-0.25, -0.2) is 4.39 Å². The van der Waals surface area contributed by atoms with Crippen LogP contribution in [0, 0.1) is 5.82 Å². The molecule has 1 fully saturated rings. The molecule has 2 unspecified atom stereocenters. The Morgan fingerprint density at radius 1 is 1.56 bits per heavy atom. The number of nitrogens with one attached hydrogen (secondary N) is 1. The van der Waals surface area contributed by atoms with E-state index in [1.54, 1.807) is 12.1 Å². The van der Waals surface area contributed by atoms with Crippen LogP contribution >= 0.6 is 11.6 Å². The number of benzene rings is 1. The van der Waals surface area contributed by atoms with E-state index in [1.807, 2.05) is 14.0 Å². The predicted octanol–water partition coefficient (Wildman–Crippen LogP) is 2.95. The first-order valence-corrected chi connectivity index (χ1v) is 5.84. The SMILES string of the molecule is CCOc1ccc(Cl)c(F)c1C1CC1NC. The fraction of sp³-hybridized carbons (Fsp3) is 0.500. The highest BCUT2D eigenvalue weighted by atomic mass is 35.5. The number of likely N-dealkylation sites (N-methyl/N-ethyl adjacent to an activating group) is 1. The highest BCUT2D eigenvalue weighted by molar-refractivity contribution is 6.30. The molecular formula is C12H15ClFNO. The van der Waals surface area contributed by atoms with Gasteiger partial charge in [-0.05, 0) is 32.5 Å². The zero-order chi connectivity index (χ0) is 11.7. The van der Waals surface area contributed by atoms with Crippen LogP contribution in [0.2, 0.25) is 5.02 Å². The van der Waals surface area contributed by atoms with Gasteiger partial charge in [0.25, 0.3) is 0 Å². The lowest BCUT2D eigenvalue weighted by molar-refractivity contribution is 0.333. The van der Waals surface area contributed by atoms with Gasteiger partial charge in [0.2, 0.25) is 0 Å². The number of ether oxygens (including phenoxy) is 1. The number of hydrogen-bond donors (Lipinski definition) is 1. The van der Waals surface area contributed by atoms with E-state index in [4.69, 9.17) is 16.3 Å². The molecule has 0 aliphatic heterocycles. The fourth-order valence-electron chi connectivity index (χ4n) is 2.01. The molecule has 1 aromatic rings. The third-order valence-corrected chi connectivity index (χ3v) is 3.22. The Morgan fingerprint density at radius 3 is 2.88 bits per heavy atom. The van der Waals surface area contributed by atoms with Crippen LogP contribution in [0.1, 0.15) is 24.8 Å². The van der Waals surface area contributed by atoms with Crippen molar-refractivity contribution in [2.75, 3.05) is 13.7 Å². The maximum absolute atomic E-state index is 13.9. The van der Waals surface area contributed by atoms with Gasteiger partial charge in [0.05, 0.1) is 11.6 Å². The van der Waals surface area contributed by atoms with Crippen LogP contribution in [-0.2, 0) is 0 Å². The lowest BCUT2D eigenvalue weighted by atomic mass is 10.1. The Hall–Kier alpha value is -0.800. The molecular weight excluding hydrogens is 229 g/mol. The average molecular weight is 244 g/mol. The van der Waals surface area contributed by atoms with Crippen LogP contribution in [0.5, 0.6) is 5.75 Å². The summed E-state index contributed by atoms with van der Waals surface area (Å²) in [6.45, 7) is 2.42. The molecule has 0 bridgehead atoms. The van der Waals surface area contributed by atoms with E-state index in [9.17, 15) is 4.39 Å². The van der Waals surface area contributed by atoms with Gasteiger partial charge in [-0.3, -0.25) is 0 Å². The van der Waals surface area contributed by atoms with Gasteiger partial charge in [0.1, 0.15) is 11.6 Å². The smallest absolute Gasteiger partial charge is 0.149 e. The number of hydrogen-bond acceptors (Lipinski definition) is 2. The molecule has 0 heterocycles. The Balaban J connectivity index is 2.36. The van der Waals surface area contributed by atoms with Gasteiger partial charge in [0.15, 0.2) is 0 Å². The summed E-state index contributed by atoms with van der Waals surface area (Å²) in [5.74, 6) is 0.466. The molecule has 4 heteroatoms. The van der Waals surface area contributed by atoms with E-state index in [1.165, 1.54) is 0 Å². The van der Waals surface area contributed by atoms with Crippen molar-refractivity contribution < 1.29 is 9.13 Å². The van der Waals surface area contributed by atoms with Crippen LogP contribution in [0.25, 0.3) is 0 Å². The third-order valence-electron chi connectivity index (χ3n) is 2.92. The minimum absolute atomic E-state index is 0.167. The first-order chi connectivity index (χ1) is 7.69. The lowest BCUT2D eigenvalue weighted by Gasteiger charge is -2.12. The van der Waals surface area contributed by atoms with Crippen molar-refractivity contribution >= 4 is 11.6 Å². The molecule has 0 radical (unpaired) electrons. The largest absolute Gasteiger partial charge is 0.493 e. The Kier molecular flexibility index (Phi) is 3.36. The highest BCUT2D eigenvalue weighted by Gasteiger charge is 2.41. The predicted molar refractivity (Wildman–Crippen MR) is 62.8 cm³/mol. The zero-order valence-corrected chi connectivity index (χ0v) is 10.1. The molecule has 0 spiro atoms. The average Bonchev–Trinajstić information content (AvgIpc) is 3.03. The molecule has 88 valence electrons. The van der Waals surface area contributed by atoms with Crippen LogP contribution in [0.15, 0.2) is 12.1 Å². The van der Waals surface area contributed by atoms with Gasteiger partial charge >= 0.3 is 0 Å². The van der Waals surface area contributed by atoms with E-state index in [-0.39, 0.29) is 16.8 Å². The molecule has 1 aromatic carbocycles. The van der Waals surface area contributed by atoms with Crippen molar-refractivity contribution in [1.82, 2.24) is 5.32 Å². The molecule has 2 atom stereocenters. The van der Waals surface area contributed by atoms with Crippen molar-refractivity contribution in [1.29, 1.82) is 0 Å². The number of rotatable bonds is 4. The molecule has 1 aliphatic rings. The second-order valence-electron chi connectivity index (χ2n) is 3.94. The minimum Gasteiger partial charge on any atom is -0.493 e. The second kappa shape index (κ2) is 4.60. The summed E-state index contributed by atoms with van der Waals surface area (Å²) in [6, 6.07) is 3.63. The Labute approximate surface area is 99.7 Å². The van der Waals surface area contributed by atoms with Gasteiger partial charge in [-0.1, -0.05) is 11.6 Å². The summed E-state index contributed by atoms with van der Waals surface area (Å²) in [5, 5.41) is 3.31. The van der Waals surface area contributed by atoms with Crippen molar-refractivity contribution in [2.24, 2.45) is 0 Å². The van der Waals surface area contributed by atoms with Gasteiger partial charge in [-0.2, -0.15) is 0 Å². The van der Waals surface area contributed by atoms with Crippen LogP contribution in [0.4, 0.5) is 4.39 Å². The van der Waals surface area contributed by atoms with E-state index < -0.39 is 0 Å². The summed E-state index contributed by atoms with van der Waals surface area (Å²) in [4.78, 5) is 0. The van der Waals surface area contributed by atoms with Gasteiger partial charge in [-0.15, -0.1) is 0 Å². The maximum atomic E-state index is 13.9. The molecule has 1 aliphatic carbocycles. The van der Waals surface area contributed by atoms with Crippen molar-refractivity contribution in [3.8, 4) is 5.75 Å². The molecule has 0 saturated heterocycles. The minimum atomic E-state index is -0.338. The topological polar surface area (TPSA) is 21.3 Å². The van der Waals surface area contributed by atoms with E-state index in [0.717, 1.165) is 6.42 Å². The van der Waals surface area contributed by atoms with E-state index >= 15 is 0 Å². The summed E-state index contributed by atoms with van der Waals surface area (Å²) in [6.07, 6.45) is 0.938. The molecule has 1 N–H and O–H groups in total. The molecule has 1 saturated carbocycles. The van der Waals surface area contributed by atoms with E-state index in [0.29, 0.717) is 24.0 Å². The van der Waals surface area contributed by atoms with Crippen molar-refractivity contribution in [3.05, 3.63) is 28.5 Å². The molecule has 2 rings (SSSR count). The quantitative estimate of drug-likeness (QED) is 0.878. The summed E-state index contributed by atoms with van der Waals surface area (Å²) < 4.78 is 19.4. The van der Waals surface area contributed by atoms with Crippen LogP contribution in [-0.4, -0.2) is 19.7 Å². The third kappa shape index (κ3) is 2.02. The standard InChI is InChI=1S/C12H15ClFNO/c1-3-16-10-5-4-8(13)12(14)11(10)7-6-9(7)15-2/h4-5,7,9,15H,3,6H2,1-2H3. The molecule has 0 amide bonds. The fourth-order valence-corrected chi connectivity index (χ4v) is 2.17. The second-order valence-corrected chi connectivity index (χ2v) is 4.35. The first kappa shape index (κ1) is 11.7. The first-order valence-electron chi connectivity index (χ1n) is 5.47. The van der Waals surface area contributed by atoms with Gasteiger partial charge in [0, 0.05) is 17.5 Å². The van der Waals surface area contributed by atoms with Crippen molar-refractivity contribution in [3.63, 3.8) is 0 Å². The van der Waals surface area contributed by atoms with Crippen LogP contribution < -0.4 is 10.1 Å². The summed E-state index contributed by atoms with van der Waals surface area (Å²) >= 11 is 5.80. The maximum Gasteiger partial charge on any atom is 0.149 e. The van der Waals surface area contributed by atoms with E-state index in [2.05, 4.69) is 5.32 Å². The Bertz CT molecular complexity index is 397. The van der Waals surface area contributed by atoms with Crippen LogP contribution in [0.3, 0.4) is 0 Å². The monoisotopic (exact) mass is 243 g/mol. The van der Waals surface area contributed by atoms with Gasteiger partial charge < -0.3 is 10.1 Å². The normalized spacial score (nSPS) is 23.2. The van der Waals surface area contributed by atoms with Crippen molar-refractivity contribution in [2.45, 2.75) is 25.3 Å². The summed E-state index contributed by atoms with van der Waals surface area (Å²) in [5.41, 5.74) is 0.619. The molecule has 0 aromatic heterocycles. The Morgan fingerprint density at radius 2 is 2.31 bits per heavy atom. The lowest BCUT2D eigenvalue weighted by Crippen LogP contribution is -2.11.